The van der Waals surface area contributed by atoms with Gasteiger partial charge in [-0.3, -0.25) is 0 Å². The Morgan fingerprint density at radius 1 is 1.35 bits per heavy atom. The highest BCUT2D eigenvalue weighted by Gasteiger charge is 2.20. The molecule has 0 bridgehead atoms. The van der Waals surface area contributed by atoms with Gasteiger partial charge in [-0.15, -0.1) is 0 Å². The summed E-state index contributed by atoms with van der Waals surface area (Å²) in [6, 6.07) is 0. The van der Waals surface area contributed by atoms with E-state index in [9.17, 15) is 4.79 Å². The second-order valence-corrected chi connectivity index (χ2v) is 6.06. The Hall–Kier alpha value is -1.72. The highest BCUT2D eigenvalue weighted by Crippen LogP contribution is 2.14. The number of rotatable bonds is 4. The van der Waals surface area contributed by atoms with Crippen molar-refractivity contribution in [2.45, 2.75) is 39.2 Å². The van der Waals surface area contributed by atoms with Gasteiger partial charge in [0, 0.05) is 45.5 Å². The van der Waals surface area contributed by atoms with E-state index >= 15 is 0 Å². The average Bonchev–Trinajstić information content (AvgIpc) is 2.34. The summed E-state index contributed by atoms with van der Waals surface area (Å²) in [5, 5.41) is 0. The first kappa shape index (κ1) is 16.3. The van der Waals surface area contributed by atoms with Crippen molar-refractivity contribution >= 4 is 11.9 Å². The molecule has 0 fully saturated rings. The van der Waals surface area contributed by atoms with Crippen LogP contribution in [0.5, 0.6) is 0 Å². The molecule has 0 aromatic rings. The maximum Gasteiger partial charge on any atom is 0.410 e. The van der Waals surface area contributed by atoms with Gasteiger partial charge in [0.1, 0.15) is 5.60 Å². The van der Waals surface area contributed by atoms with Crippen LogP contribution >= 0.6 is 0 Å². The van der Waals surface area contributed by atoms with Gasteiger partial charge in [-0.05, 0) is 27.2 Å². The predicted molar refractivity (Wildman–Crippen MR) is 80.4 cm³/mol. The smallest absolute Gasteiger partial charge is 0.410 e. The lowest BCUT2D eigenvalue weighted by atomic mass is 10.2. The van der Waals surface area contributed by atoms with Crippen molar-refractivity contribution in [1.82, 2.24) is 9.80 Å². The molecule has 0 saturated heterocycles. The maximum atomic E-state index is 11.8. The van der Waals surface area contributed by atoms with Crippen molar-refractivity contribution in [3.63, 3.8) is 0 Å². The van der Waals surface area contributed by atoms with Gasteiger partial charge in [0.05, 0.1) is 5.84 Å². The number of amidine groups is 1. The second kappa shape index (κ2) is 6.63. The third kappa shape index (κ3) is 5.50. The zero-order chi connectivity index (χ0) is 15.3. The third-order valence-corrected chi connectivity index (χ3v) is 2.98. The number of ether oxygens (including phenoxy) is 1. The topological polar surface area (TPSA) is 71.2 Å². The van der Waals surface area contributed by atoms with Crippen molar-refractivity contribution in [2.75, 3.05) is 27.2 Å². The Morgan fingerprint density at radius 2 is 2.00 bits per heavy atom. The minimum atomic E-state index is -0.463. The lowest BCUT2D eigenvalue weighted by molar-refractivity contribution is 0.0290. The Morgan fingerprint density at radius 3 is 2.50 bits per heavy atom. The number of carbonyl (C=O) groups is 1. The molecule has 0 aromatic heterocycles. The molecule has 0 atom stereocenters. The summed E-state index contributed by atoms with van der Waals surface area (Å²) < 4.78 is 5.31. The molecule has 0 spiro atoms. The van der Waals surface area contributed by atoms with Crippen molar-refractivity contribution in [2.24, 2.45) is 10.7 Å². The van der Waals surface area contributed by atoms with Gasteiger partial charge in [-0.1, -0.05) is 0 Å². The molecule has 0 radical (unpaired) electrons. The number of allylic oxidation sites excluding steroid dienone is 1. The van der Waals surface area contributed by atoms with Gasteiger partial charge >= 0.3 is 6.09 Å². The normalized spacial score (nSPS) is 15.2. The lowest BCUT2D eigenvalue weighted by Gasteiger charge is -2.28. The Balaban J connectivity index is 2.41. The minimum absolute atomic E-state index is 0.300. The molecule has 0 aliphatic carbocycles. The summed E-state index contributed by atoms with van der Waals surface area (Å²) >= 11 is 0. The molecule has 0 saturated carbocycles. The van der Waals surface area contributed by atoms with Gasteiger partial charge in [0.25, 0.3) is 0 Å². The fourth-order valence-corrected chi connectivity index (χ4v) is 1.71. The fourth-order valence-electron chi connectivity index (χ4n) is 1.71. The average molecular weight is 282 g/mol. The van der Waals surface area contributed by atoms with Crippen LogP contribution in [0, 0.1) is 0 Å². The molecule has 20 heavy (non-hydrogen) atoms. The van der Waals surface area contributed by atoms with Crippen LogP contribution in [0.4, 0.5) is 4.79 Å². The molecule has 1 aliphatic rings. The van der Waals surface area contributed by atoms with Gasteiger partial charge in [-0.25, -0.2) is 9.79 Å². The number of hydrogen-bond acceptors (Lipinski definition) is 5. The van der Waals surface area contributed by atoms with Crippen molar-refractivity contribution in [1.29, 1.82) is 0 Å². The van der Waals surface area contributed by atoms with E-state index in [1.54, 1.807) is 18.1 Å². The summed E-state index contributed by atoms with van der Waals surface area (Å²) in [6.45, 7) is 6.92. The largest absolute Gasteiger partial charge is 0.444 e. The van der Waals surface area contributed by atoms with Crippen LogP contribution in [-0.2, 0) is 4.74 Å². The summed E-state index contributed by atoms with van der Waals surface area (Å²) in [5.74, 6) is 0.674. The van der Waals surface area contributed by atoms with Crippen molar-refractivity contribution in [3.05, 3.63) is 11.9 Å². The molecule has 0 unspecified atom stereocenters. The summed E-state index contributed by atoms with van der Waals surface area (Å²) in [4.78, 5) is 19.6. The second-order valence-electron chi connectivity index (χ2n) is 6.06. The Kier molecular flexibility index (Phi) is 5.42. The number of likely N-dealkylation sites (N-methyl/N-ethyl adjacent to an activating group) is 2. The summed E-state index contributed by atoms with van der Waals surface area (Å²) in [7, 11) is 3.74. The zero-order valence-electron chi connectivity index (χ0n) is 13.1. The SMILES string of the molecule is CN(CCN(C)C1=CN=C(N)CC1)C(=O)OC(C)(C)C. The Labute approximate surface area is 121 Å². The number of hydrogen-bond donors (Lipinski definition) is 1. The maximum absolute atomic E-state index is 11.8. The molecule has 1 rings (SSSR count). The number of amides is 1. The molecule has 1 amide bonds. The standard InChI is InChI=1S/C14H26N4O2/c1-14(2,3)20-13(19)18(5)9-8-17(4)11-6-7-12(15)16-10-11/h10H,6-9H2,1-5H3,(H2,15,16). The van der Waals surface area contributed by atoms with Gasteiger partial charge in [0.2, 0.25) is 0 Å². The molecule has 1 heterocycles. The molecular formula is C14H26N4O2. The number of carbonyl (C=O) groups excluding carboxylic acids is 1. The molecule has 0 aromatic carbocycles. The lowest BCUT2D eigenvalue weighted by Crippen LogP contribution is -2.38. The predicted octanol–water partition coefficient (Wildman–Crippen LogP) is 1.78. The third-order valence-electron chi connectivity index (χ3n) is 2.98. The van der Waals surface area contributed by atoms with E-state index in [1.165, 1.54) is 0 Å². The number of nitrogens with zero attached hydrogens (tertiary/aromatic N) is 3. The zero-order valence-corrected chi connectivity index (χ0v) is 13.1. The van der Waals surface area contributed by atoms with Crippen molar-refractivity contribution in [3.8, 4) is 0 Å². The Bertz CT molecular complexity index is 410. The number of aliphatic imine (C=N–C) groups is 1. The summed E-state index contributed by atoms with van der Waals surface area (Å²) in [6.07, 6.45) is 3.18. The van der Waals surface area contributed by atoms with E-state index < -0.39 is 5.60 Å². The van der Waals surface area contributed by atoms with Crippen LogP contribution < -0.4 is 5.73 Å². The van der Waals surface area contributed by atoms with Gasteiger partial charge in [-0.2, -0.15) is 0 Å². The van der Waals surface area contributed by atoms with E-state index in [2.05, 4.69) is 9.89 Å². The van der Waals surface area contributed by atoms with Gasteiger partial charge in [0.15, 0.2) is 0 Å². The van der Waals surface area contributed by atoms with Gasteiger partial charge < -0.3 is 20.3 Å². The highest BCUT2D eigenvalue weighted by molar-refractivity contribution is 5.81. The molecule has 6 heteroatoms. The first-order chi connectivity index (χ1) is 9.19. The van der Waals surface area contributed by atoms with Crippen LogP contribution in [-0.4, -0.2) is 54.5 Å². The number of nitrogens with two attached hydrogens (primary N) is 1. The fraction of sp³-hybridized carbons (Fsp3) is 0.714. The molecule has 1 aliphatic heterocycles. The van der Waals surface area contributed by atoms with Crippen LogP contribution in [0.15, 0.2) is 16.9 Å². The first-order valence-corrected chi connectivity index (χ1v) is 6.85. The van der Waals surface area contributed by atoms with Crippen LogP contribution in [0.2, 0.25) is 0 Å². The highest BCUT2D eigenvalue weighted by atomic mass is 16.6. The van der Waals surface area contributed by atoms with Crippen LogP contribution in [0.3, 0.4) is 0 Å². The molecular weight excluding hydrogens is 256 g/mol. The summed E-state index contributed by atoms with van der Waals surface area (Å²) in [5.41, 5.74) is 6.31. The minimum Gasteiger partial charge on any atom is -0.444 e. The monoisotopic (exact) mass is 282 g/mol. The van der Waals surface area contributed by atoms with E-state index in [-0.39, 0.29) is 6.09 Å². The van der Waals surface area contributed by atoms with E-state index in [1.807, 2.05) is 27.8 Å². The van der Waals surface area contributed by atoms with Crippen molar-refractivity contribution < 1.29 is 9.53 Å². The van der Waals surface area contributed by atoms with E-state index in [4.69, 9.17) is 10.5 Å². The van der Waals surface area contributed by atoms with E-state index in [0.717, 1.165) is 25.1 Å². The first-order valence-electron chi connectivity index (χ1n) is 6.85. The van der Waals surface area contributed by atoms with E-state index in [0.29, 0.717) is 12.4 Å². The molecule has 2 N–H and O–H groups in total. The molecule has 114 valence electrons. The van der Waals surface area contributed by atoms with Crippen LogP contribution in [0.1, 0.15) is 33.6 Å². The molecule has 6 nitrogen and oxygen atoms in total. The quantitative estimate of drug-likeness (QED) is 0.853. The van der Waals surface area contributed by atoms with Crippen LogP contribution in [0.25, 0.3) is 0 Å².